The molecule has 1 aliphatic heterocycles. The number of benzene rings is 2. The average molecular weight is 535 g/mol. The molecule has 1 unspecified atom stereocenters. The Bertz CT molecular complexity index is 1500. The lowest BCUT2D eigenvalue weighted by Crippen LogP contribution is -2.49. The summed E-state index contributed by atoms with van der Waals surface area (Å²) in [7, 11) is -3.61. The molecule has 0 saturated carbocycles. The first-order valence-corrected chi connectivity index (χ1v) is 13.5. The van der Waals surface area contributed by atoms with E-state index in [4.69, 9.17) is 5.73 Å². The Hall–Kier alpha value is -4.16. The second-order valence-corrected chi connectivity index (χ2v) is 10.8. The Kier molecular flexibility index (Phi) is 7.16. The number of nitrogen functional groups attached to an aromatic ring is 1. The van der Waals surface area contributed by atoms with Gasteiger partial charge >= 0.3 is 0 Å². The molecule has 0 spiro atoms. The van der Waals surface area contributed by atoms with E-state index in [9.17, 15) is 12.8 Å². The fraction of sp³-hybridized carbons (Fsp3) is 0.231. The topological polar surface area (TPSA) is 130 Å². The van der Waals surface area contributed by atoms with Gasteiger partial charge in [-0.3, -0.25) is 4.98 Å². The molecular formula is C26H27FN8O2S. The van der Waals surface area contributed by atoms with Crippen molar-refractivity contribution in [1.29, 1.82) is 0 Å². The molecule has 0 amide bonds. The predicted octanol–water partition coefficient (Wildman–Crippen LogP) is 3.39. The molecule has 10 nitrogen and oxygen atoms in total. The van der Waals surface area contributed by atoms with Crippen molar-refractivity contribution >= 4 is 33.4 Å². The van der Waals surface area contributed by atoms with Crippen LogP contribution in [-0.4, -0.2) is 58.8 Å². The van der Waals surface area contributed by atoms with E-state index in [2.05, 4.69) is 25.3 Å². The number of piperazine rings is 1. The number of nitrogens with two attached hydrogens (primary N) is 1. The van der Waals surface area contributed by atoms with Gasteiger partial charge in [-0.25, -0.2) is 17.8 Å². The minimum absolute atomic E-state index is 0.0563. The molecule has 3 heterocycles. The third kappa shape index (κ3) is 5.27. The Morgan fingerprint density at radius 3 is 2.34 bits per heavy atom. The summed E-state index contributed by atoms with van der Waals surface area (Å²) in [6, 6.07) is 14.7. The van der Waals surface area contributed by atoms with Gasteiger partial charge in [0.2, 0.25) is 16.0 Å². The Morgan fingerprint density at radius 1 is 0.974 bits per heavy atom. The normalized spacial score (nSPS) is 15.3. The number of hydrogen-bond donors (Lipinski definition) is 2. The Morgan fingerprint density at radius 2 is 1.68 bits per heavy atom. The van der Waals surface area contributed by atoms with Crippen LogP contribution in [0.5, 0.6) is 0 Å². The van der Waals surface area contributed by atoms with Crippen LogP contribution in [0, 0.1) is 5.82 Å². The molecule has 2 aromatic carbocycles. The van der Waals surface area contributed by atoms with Crippen LogP contribution in [-0.2, 0) is 10.0 Å². The molecule has 0 bridgehead atoms. The van der Waals surface area contributed by atoms with Gasteiger partial charge in [0, 0.05) is 50.1 Å². The van der Waals surface area contributed by atoms with E-state index >= 15 is 0 Å². The second kappa shape index (κ2) is 10.7. The molecule has 1 saturated heterocycles. The minimum atomic E-state index is -3.61. The first kappa shape index (κ1) is 25.5. The lowest BCUT2D eigenvalue weighted by Gasteiger charge is -2.36. The number of aromatic nitrogens is 4. The second-order valence-electron chi connectivity index (χ2n) is 8.86. The molecule has 0 radical (unpaired) electrons. The van der Waals surface area contributed by atoms with E-state index in [0.29, 0.717) is 30.5 Å². The zero-order chi connectivity index (χ0) is 26.7. The lowest BCUT2D eigenvalue weighted by atomic mass is 9.93. The molecule has 196 valence electrons. The number of nitrogens with zero attached hydrogens (tertiary/aromatic N) is 6. The summed E-state index contributed by atoms with van der Waals surface area (Å²) in [5, 5.41) is 3.20. The summed E-state index contributed by atoms with van der Waals surface area (Å²) >= 11 is 0. The van der Waals surface area contributed by atoms with Gasteiger partial charge in [0.25, 0.3) is 0 Å². The highest BCUT2D eigenvalue weighted by Crippen LogP contribution is 2.38. The maximum absolute atomic E-state index is 13.7. The highest BCUT2D eigenvalue weighted by Gasteiger charge is 2.32. The molecule has 0 aliphatic carbocycles. The van der Waals surface area contributed by atoms with E-state index in [1.165, 1.54) is 16.4 Å². The summed E-state index contributed by atoms with van der Waals surface area (Å²) in [5.41, 5.74) is 7.73. The molecule has 38 heavy (non-hydrogen) atoms. The average Bonchev–Trinajstić information content (AvgIpc) is 2.94. The van der Waals surface area contributed by atoms with Crippen LogP contribution < -0.4 is 16.0 Å². The summed E-state index contributed by atoms with van der Waals surface area (Å²) in [4.78, 5) is 19.7. The number of halogens is 1. The standard InChI is InChI=1S/C26H27FN8O2S/c1-18(19-7-9-20(27)10-8-19)23-24(31-22-17-29-11-12-30-22)32-26(28)33-25(23)34-13-15-35(16-14-34)38(36,37)21-5-3-2-4-6-21/h2-12,17-18H,13-16H2,1H3,(H3,28,30,31,32,33). The molecule has 1 atom stereocenters. The maximum Gasteiger partial charge on any atom is 0.243 e. The molecule has 1 aliphatic rings. The fourth-order valence-electron chi connectivity index (χ4n) is 4.49. The van der Waals surface area contributed by atoms with Gasteiger partial charge in [0.15, 0.2) is 0 Å². The Balaban J connectivity index is 1.50. The molecule has 4 aromatic rings. The zero-order valence-electron chi connectivity index (χ0n) is 20.7. The van der Waals surface area contributed by atoms with Crippen molar-refractivity contribution in [3.63, 3.8) is 0 Å². The van der Waals surface area contributed by atoms with Crippen molar-refractivity contribution < 1.29 is 12.8 Å². The van der Waals surface area contributed by atoms with Gasteiger partial charge in [0.1, 0.15) is 23.3 Å². The van der Waals surface area contributed by atoms with Gasteiger partial charge in [-0.15, -0.1) is 0 Å². The third-order valence-corrected chi connectivity index (χ3v) is 8.39. The first-order valence-electron chi connectivity index (χ1n) is 12.1. The monoisotopic (exact) mass is 534 g/mol. The summed E-state index contributed by atoms with van der Waals surface area (Å²) in [5.74, 6) is 0.977. The van der Waals surface area contributed by atoms with Crippen LogP contribution >= 0.6 is 0 Å². The van der Waals surface area contributed by atoms with Crippen LogP contribution in [0.4, 0.5) is 27.8 Å². The quantitative estimate of drug-likeness (QED) is 0.366. The van der Waals surface area contributed by atoms with Gasteiger partial charge in [-0.1, -0.05) is 37.3 Å². The Labute approximate surface area is 220 Å². The summed E-state index contributed by atoms with van der Waals surface area (Å²) in [6.45, 7) is 3.33. The zero-order valence-corrected chi connectivity index (χ0v) is 21.5. The highest BCUT2D eigenvalue weighted by atomic mass is 32.2. The van der Waals surface area contributed by atoms with Crippen molar-refractivity contribution in [1.82, 2.24) is 24.2 Å². The molecular weight excluding hydrogens is 507 g/mol. The van der Waals surface area contributed by atoms with Crippen LogP contribution in [0.1, 0.15) is 24.0 Å². The third-order valence-electron chi connectivity index (χ3n) is 6.47. The molecule has 12 heteroatoms. The van der Waals surface area contributed by atoms with Crippen LogP contribution in [0.25, 0.3) is 0 Å². The van der Waals surface area contributed by atoms with Crippen molar-refractivity contribution in [2.45, 2.75) is 17.7 Å². The summed E-state index contributed by atoms with van der Waals surface area (Å²) < 4.78 is 41.4. The smallest absolute Gasteiger partial charge is 0.243 e. The number of anilines is 4. The SMILES string of the molecule is CC(c1ccc(F)cc1)c1c(Nc2cnccn2)nc(N)nc1N1CCN(S(=O)(=O)c2ccccc2)CC1. The highest BCUT2D eigenvalue weighted by molar-refractivity contribution is 7.89. The van der Waals surface area contributed by atoms with Crippen LogP contribution in [0.2, 0.25) is 0 Å². The van der Waals surface area contributed by atoms with E-state index in [1.807, 2.05) is 11.8 Å². The predicted molar refractivity (Wildman–Crippen MR) is 143 cm³/mol. The van der Waals surface area contributed by atoms with Gasteiger partial charge in [-0.2, -0.15) is 14.3 Å². The van der Waals surface area contributed by atoms with Crippen molar-refractivity contribution in [3.05, 3.63) is 90.1 Å². The van der Waals surface area contributed by atoms with Gasteiger partial charge in [0.05, 0.1) is 11.1 Å². The number of sulfonamides is 1. The molecule has 1 fully saturated rings. The van der Waals surface area contributed by atoms with Crippen LogP contribution in [0.15, 0.2) is 78.1 Å². The van der Waals surface area contributed by atoms with Gasteiger partial charge in [-0.05, 0) is 29.8 Å². The fourth-order valence-corrected chi connectivity index (χ4v) is 5.94. The molecule has 3 N–H and O–H groups in total. The van der Waals surface area contributed by atoms with Gasteiger partial charge < -0.3 is 16.0 Å². The first-order chi connectivity index (χ1) is 18.3. The molecule has 2 aromatic heterocycles. The van der Waals surface area contributed by atoms with E-state index in [1.54, 1.807) is 61.1 Å². The largest absolute Gasteiger partial charge is 0.368 e. The number of nitrogens with one attached hydrogen (secondary N) is 1. The van der Waals surface area contributed by atoms with Crippen molar-refractivity contribution in [2.24, 2.45) is 0 Å². The van der Waals surface area contributed by atoms with Crippen molar-refractivity contribution in [2.75, 3.05) is 42.1 Å². The van der Waals surface area contributed by atoms with Crippen LogP contribution in [0.3, 0.4) is 0 Å². The minimum Gasteiger partial charge on any atom is -0.368 e. The van der Waals surface area contributed by atoms with E-state index < -0.39 is 10.0 Å². The van der Waals surface area contributed by atoms with E-state index in [-0.39, 0.29) is 35.7 Å². The number of hydrogen-bond acceptors (Lipinski definition) is 9. The number of rotatable bonds is 7. The van der Waals surface area contributed by atoms with Crippen molar-refractivity contribution in [3.8, 4) is 0 Å². The molecule has 5 rings (SSSR count). The summed E-state index contributed by atoms with van der Waals surface area (Å²) in [6.07, 6.45) is 4.69. The van der Waals surface area contributed by atoms with E-state index in [0.717, 1.165) is 11.1 Å². The lowest BCUT2D eigenvalue weighted by molar-refractivity contribution is 0.383. The maximum atomic E-state index is 13.7.